The molecule has 1 aromatic heterocycles. The number of carboxylic acid groups (broad SMARTS) is 1. The smallest absolute Gasteiger partial charge is 0.326 e. The summed E-state index contributed by atoms with van der Waals surface area (Å²) in [5.74, 6) is -2.74. The number of aromatic amines is 1. The first-order valence-electron chi connectivity index (χ1n) is 11.9. The first kappa shape index (κ1) is 27.8. The van der Waals surface area contributed by atoms with Crippen LogP contribution in [0.5, 0.6) is 0 Å². The van der Waals surface area contributed by atoms with Gasteiger partial charge in [-0.2, -0.15) is 0 Å². The maximum Gasteiger partial charge on any atom is 0.326 e. The lowest BCUT2D eigenvalue weighted by molar-refractivity contribution is -0.141. The van der Waals surface area contributed by atoms with E-state index in [1.54, 1.807) is 6.20 Å². The molecule has 0 aliphatic heterocycles. The molecule has 0 fully saturated rings. The number of fused-ring (bicyclic) bond motifs is 1. The number of carboxylic acids is 1. The lowest BCUT2D eigenvalue weighted by atomic mass is 9.97. The number of rotatable bonds is 13. The Morgan fingerprint density at radius 1 is 1.06 bits per heavy atom. The van der Waals surface area contributed by atoms with E-state index in [4.69, 9.17) is 5.73 Å². The largest absolute Gasteiger partial charge is 0.480 e. The minimum atomic E-state index is -1.18. The van der Waals surface area contributed by atoms with Gasteiger partial charge in [-0.15, -0.1) is 0 Å². The van der Waals surface area contributed by atoms with Crippen molar-refractivity contribution in [2.75, 3.05) is 6.54 Å². The first-order chi connectivity index (χ1) is 16.5. The minimum absolute atomic E-state index is 0.0817. The summed E-state index contributed by atoms with van der Waals surface area (Å²) in [5.41, 5.74) is 7.57. The highest BCUT2D eigenvalue weighted by molar-refractivity contribution is 5.93. The van der Waals surface area contributed by atoms with E-state index in [1.807, 2.05) is 52.0 Å². The number of amides is 3. The summed E-state index contributed by atoms with van der Waals surface area (Å²) >= 11 is 0. The average Bonchev–Trinajstić information content (AvgIpc) is 3.22. The van der Waals surface area contributed by atoms with Crippen molar-refractivity contribution in [3.63, 3.8) is 0 Å². The van der Waals surface area contributed by atoms with Gasteiger partial charge >= 0.3 is 5.97 Å². The van der Waals surface area contributed by atoms with Gasteiger partial charge in [-0.1, -0.05) is 52.3 Å². The van der Waals surface area contributed by atoms with Crippen LogP contribution in [0.3, 0.4) is 0 Å². The monoisotopic (exact) mass is 487 g/mol. The van der Waals surface area contributed by atoms with Crippen molar-refractivity contribution in [3.8, 4) is 0 Å². The molecule has 1 aromatic carbocycles. The van der Waals surface area contributed by atoms with Crippen LogP contribution in [0, 0.1) is 11.8 Å². The number of carbonyl (C=O) groups is 4. The summed E-state index contributed by atoms with van der Waals surface area (Å²) in [6.45, 7) is 7.19. The Labute approximate surface area is 205 Å². The fourth-order valence-corrected chi connectivity index (χ4v) is 3.82. The van der Waals surface area contributed by atoms with Gasteiger partial charge in [0.2, 0.25) is 17.7 Å². The Morgan fingerprint density at radius 2 is 1.74 bits per heavy atom. The molecule has 4 atom stereocenters. The van der Waals surface area contributed by atoms with E-state index in [9.17, 15) is 24.3 Å². The number of hydrogen-bond acceptors (Lipinski definition) is 5. The predicted molar refractivity (Wildman–Crippen MR) is 133 cm³/mol. The summed E-state index contributed by atoms with van der Waals surface area (Å²) < 4.78 is 0. The maximum absolute atomic E-state index is 12.8. The molecule has 192 valence electrons. The van der Waals surface area contributed by atoms with Crippen molar-refractivity contribution in [1.29, 1.82) is 0 Å². The number of H-pyrrole nitrogens is 1. The maximum atomic E-state index is 12.8. The van der Waals surface area contributed by atoms with E-state index in [0.717, 1.165) is 16.5 Å². The Balaban J connectivity index is 1.97. The standard InChI is InChI=1S/C25H37N5O5/c1-5-15(4)22(30-23(32)18(26)10-14(2)3)24(33)28-13-21(31)29-20(25(34)35)11-16-12-27-19-9-7-6-8-17(16)19/h6-9,12,14-15,18,20,22,27H,5,10-11,13,26H2,1-4H3,(H,28,33)(H,29,31)(H,30,32)(H,34,35). The molecule has 3 amide bonds. The Hall–Kier alpha value is -3.40. The molecule has 4 unspecified atom stereocenters. The zero-order valence-electron chi connectivity index (χ0n) is 20.8. The van der Waals surface area contributed by atoms with E-state index < -0.39 is 48.4 Å². The van der Waals surface area contributed by atoms with Crippen LogP contribution in [0.25, 0.3) is 10.9 Å². The van der Waals surface area contributed by atoms with Crippen molar-refractivity contribution in [2.24, 2.45) is 17.6 Å². The van der Waals surface area contributed by atoms with Gasteiger partial charge in [0.15, 0.2) is 0 Å². The van der Waals surface area contributed by atoms with Crippen molar-refractivity contribution in [1.82, 2.24) is 20.9 Å². The van der Waals surface area contributed by atoms with Crippen LogP contribution < -0.4 is 21.7 Å². The molecule has 0 aliphatic rings. The molecule has 0 spiro atoms. The van der Waals surface area contributed by atoms with Crippen LogP contribution >= 0.6 is 0 Å². The molecule has 10 nitrogen and oxygen atoms in total. The molecular weight excluding hydrogens is 450 g/mol. The number of aliphatic carboxylic acids is 1. The van der Waals surface area contributed by atoms with E-state index >= 15 is 0 Å². The SMILES string of the molecule is CCC(C)C(NC(=O)C(N)CC(C)C)C(=O)NCC(=O)NC(Cc1c[nH]c2ccccc12)C(=O)O. The summed E-state index contributed by atoms with van der Waals surface area (Å²) in [5, 5.41) is 18.2. The fourth-order valence-electron chi connectivity index (χ4n) is 3.82. The Bertz CT molecular complexity index is 1030. The highest BCUT2D eigenvalue weighted by atomic mass is 16.4. The molecule has 0 bridgehead atoms. The van der Waals surface area contributed by atoms with Crippen LogP contribution in [-0.2, 0) is 25.6 Å². The number of para-hydroxylation sites is 1. The lowest BCUT2D eigenvalue weighted by Crippen LogP contribution is -2.55. The van der Waals surface area contributed by atoms with Crippen molar-refractivity contribution >= 4 is 34.6 Å². The van der Waals surface area contributed by atoms with Gasteiger partial charge < -0.3 is 31.8 Å². The van der Waals surface area contributed by atoms with E-state index in [-0.39, 0.29) is 18.3 Å². The Kier molecular flexibility index (Phi) is 10.3. The molecule has 35 heavy (non-hydrogen) atoms. The number of nitrogens with two attached hydrogens (primary N) is 1. The topological polar surface area (TPSA) is 166 Å². The number of hydrogen-bond donors (Lipinski definition) is 6. The second-order valence-electron chi connectivity index (χ2n) is 9.35. The van der Waals surface area contributed by atoms with E-state index in [0.29, 0.717) is 12.8 Å². The van der Waals surface area contributed by atoms with Gasteiger partial charge in [0.05, 0.1) is 12.6 Å². The summed E-state index contributed by atoms with van der Waals surface area (Å²) in [7, 11) is 0. The molecule has 1 heterocycles. The zero-order valence-corrected chi connectivity index (χ0v) is 20.8. The lowest BCUT2D eigenvalue weighted by Gasteiger charge is -2.25. The second kappa shape index (κ2) is 12.9. The highest BCUT2D eigenvalue weighted by Gasteiger charge is 2.29. The normalized spacial score (nSPS) is 14.7. The van der Waals surface area contributed by atoms with Crippen LogP contribution in [0.15, 0.2) is 30.5 Å². The molecule has 7 N–H and O–H groups in total. The summed E-state index contributed by atoms with van der Waals surface area (Å²) in [6, 6.07) is 4.71. The van der Waals surface area contributed by atoms with E-state index in [1.165, 1.54) is 0 Å². The third-order valence-electron chi connectivity index (χ3n) is 6.01. The van der Waals surface area contributed by atoms with Gasteiger partial charge in [-0.05, 0) is 29.9 Å². The Morgan fingerprint density at radius 3 is 2.37 bits per heavy atom. The molecule has 0 aliphatic carbocycles. The molecule has 0 saturated carbocycles. The summed E-state index contributed by atoms with van der Waals surface area (Å²) in [6.07, 6.45) is 2.90. The molecule has 2 rings (SSSR count). The number of carbonyl (C=O) groups excluding carboxylic acids is 3. The quantitative estimate of drug-likeness (QED) is 0.249. The zero-order chi connectivity index (χ0) is 26.1. The highest BCUT2D eigenvalue weighted by Crippen LogP contribution is 2.19. The number of nitrogens with one attached hydrogen (secondary N) is 4. The van der Waals surface area contributed by atoms with Gasteiger partial charge in [0.1, 0.15) is 12.1 Å². The number of aromatic nitrogens is 1. The fraction of sp³-hybridized carbons (Fsp3) is 0.520. The van der Waals surface area contributed by atoms with Crippen molar-refractivity contribution in [3.05, 3.63) is 36.0 Å². The van der Waals surface area contributed by atoms with E-state index in [2.05, 4.69) is 20.9 Å². The molecule has 10 heteroatoms. The molecular formula is C25H37N5O5. The van der Waals surface area contributed by atoms with Gasteiger partial charge in [0, 0.05) is 23.5 Å². The molecule has 2 aromatic rings. The third kappa shape index (κ3) is 8.10. The molecule has 0 radical (unpaired) electrons. The van der Waals surface area contributed by atoms with Gasteiger partial charge in [-0.25, -0.2) is 4.79 Å². The van der Waals surface area contributed by atoms with Crippen molar-refractivity contribution in [2.45, 2.75) is 65.1 Å². The predicted octanol–water partition coefficient (Wildman–Crippen LogP) is 1.30. The van der Waals surface area contributed by atoms with Crippen molar-refractivity contribution < 1.29 is 24.3 Å². The second-order valence-corrected chi connectivity index (χ2v) is 9.35. The van der Waals surface area contributed by atoms with Gasteiger partial charge in [0.25, 0.3) is 0 Å². The van der Waals surface area contributed by atoms with Crippen LogP contribution in [-0.4, -0.2) is 58.5 Å². The van der Waals surface area contributed by atoms with Crippen LogP contribution in [0.4, 0.5) is 0 Å². The molecule has 0 saturated heterocycles. The third-order valence-corrected chi connectivity index (χ3v) is 6.01. The minimum Gasteiger partial charge on any atom is -0.480 e. The first-order valence-corrected chi connectivity index (χ1v) is 11.9. The van der Waals surface area contributed by atoms with Crippen LogP contribution in [0.2, 0.25) is 0 Å². The average molecular weight is 488 g/mol. The summed E-state index contributed by atoms with van der Waals surface area (Å²) in [4.78, 5) is 52.5. The van der Waals surface area contributed by atoms with Gasteiger partial charge in [-0.3, -0.25) is 14.4 Å². The number of benzene rings is 1. The van der Waals surface area contributed by atoms with Crippen LogP contribution in [0.1, 0.15) is 46.1 Å².